The monoisotopic (exact) mass is 1230 g/mol. The van der Waals surface area contributed by atoms with Gasteiger partial charge < -0.3 is 57.4 Å². The lowest BCUT2D eigenvalue weighted by molar-refractivity contribution is 0.00578. The highest BCUT2D eigenvalue weighted by molar-refractivity contribution is 6.62. The van der Waals surface area contributed by atoms with Crippen molar-refractivity contribution >= 4 is 58.3 Å². The molecule has 4 N–H and O–H groups in total. The minimum Gasteiger partial charge on any atom is -0.497 e. The van der Waals surface area contributed by atoms with Gasteiger partial charge in [0.2, 0.25) is 12.8 Å². The molecule has 0 radical (unpaired) electrons. The average Bonchev–Trinajstić information content (AvgIpc) is 1.71. The standard InChI is InChI=1S/C25H24N6O.C24H22N6O2.C14H21BO2.C7H9BO3/c1-2-18-4-6-19(7-5-18)20-8-9-23-21(14-20)24(22(15-28-23)25-30-29-17-32-25)27-10-3-12-31-13-11-26-16-31;1-31-22-6-3-2-5-18(22)17-7-8-21-19(13-17)23(20(14-27-21)24-29-28-16-32-24)26-9-4-11-30-12-10-25-15-30;1-6-11-7-9-12(10-8-11)15-16-13(2,3)14(4,5)17-15;1-11-7-5-3-2-4-6(7)8(9)10/h4-9,11,13-17H,2-3,10,12H2,1H3,(H,27,28);2-3,5-8,10,12-16H,4,9,11H2,1H3,(H,26,27);7-10H,6H2,1-5H3;2-5,9-10H,1H3. The summed E-state index contributed by atoms with van der Waals surface area (Å²) in [4.78, 5) is 17.5. The molecule has 1 aliphatic heterocycles. The highest BCUT2D eigenvalue weighted by Gasteiger charge is 2.51. The summed E-state index contributed by atoms with van der Waals surface area (Å²) in [6.45, 7) is 15.9. The van der Waals surface area contributed by atoms with Crippen LogP contribution in [-0.4, -0.2) is 112 Å². The molecule has 0 aliphatic carbocycles. The van der Waals surface area contributed by atoms with Crippen LogP contribution in [0.4, 0.5) is 11.4 Å². The number of aryl methyl sites for hydroxylation is 4. The van der Waals surface area contributed by atoms with Crippen molar-refractivity contribution in [3.8, 4) is 56.7 Å². The number of ether oxygens (including phenoxy) is 2. The third-order valence-corrected chi connectivity index (χ3v) is 16.3. The van der Waals surface area contributed by atoms with Crippen LogP contribution in [0.25, 0.3) is 67.0 Å². The Hall–Kier alpha value is -9.99. The number of hydrogen-bond donors (Lipinski definition) is 4. The van der Waals surface area contributed by atoms with Crippen molar-refractivity contribution in [1.82, 2.24) is 49.5 Å². The summed E-state index contributed by atoms with van der Waals surface area (Å²) in [6, 6.07) is 44.5. The first-order chi connectivity index (χ1) is 44.8. The SMILES string of the molecule is CCc1ccc(-c2ccc3ncc(-c4nnco4)c(NCCCn4ccnc4)c3c2)cc1.CCc1ccc(B2OC(C)(C)C(C)(C)O2)cc1.COc1ccccc1-c1ccc2ncc(-c3nnco3)c(NCCCn3ccnc3)c2c1.COc1ccccc1B(O)O. The molecule has 6 aromatic heterocycles. The maximum atomic E-state index is 8.81. The van der Waals surface area contributed by atoms with E-state index in [1.54, 1.807) is 56.2 Å². The second-order valence-electron chi connectivity index (χ2n) is 22.8. The first-order valence-electron chi connectivity index (χ1n) is 30.7. The lowest BCUT2D eigenvalue weighted by Crippen LogP contribution is -2.41. The van der Waals surface area contributed by atoms with E-state index in [9.17, 15) is 0 Å². The van der Waals surface area contributed by atoms with Crippen LogP contribution in [0, 0.1) is 0 Å². The van der Waals surface area contributed by atoms with Gasteiger partial charge in [-0.15, -0.1) is 20.4 Å². The zero-order valence-corrected chi connectivity index (χ0v) is 53.1. The van der Waals surface area contributed by atoms with Crippen molar-refractivity contribution in [3.05, 3.63) is 207 Å². The lowest BCUT2D eigenvalue weighted by atomic mass is 9.79. The first kappa shape index (κ1) is 65.0. The van der Waals surface area contributed by atoms with E-state index < -0.39 is 7.12 Å². The number of benzene rings is 6. The van der Waals surface area contributed by atoms with Gasteiger partial charge in [0, 0.05) is 85.2 Å². The third-order valence-electron chi connectivity index (χ3n) is 16.3. The fraction of sp³-hybridized carbons (Fsp3) is 0.257. The molecule has 1 fully saturated rings. The Bertz CT molecular complexity index is 4220. The van der Waals surface area contributed by atoms with Crippen LogP contribution in [0.15, 0.2) is 205 Å². The van der Waals surface area contributed by atoms with Gasteiger partial charge in [-0.1, -0.05) is 111 Å². The van der Waals surface area contributed by atoms with Crippen molar-refractivity contribution in [3.63, 3.8) is 0 Å². The number of anilines is 2. The molecule has 20 nitrogen and oxygen atoms in total. The Morgan fingerprint density at radius 3 is 1.50 bits per heavy atom. The van der Waals surface area contributed by atoms with Crippen LogP contribution in [0.2, 0.25) is 0 Å². The largest absolute Gasteiger partial charge is 0.497 e. The zero-order valence-electron chi connectivity index (χ0n) is 53.1. The molecule has 470 valence electrons. The van der Waals surface area contributed by atoms with Crippen LogP contribution in [0.1, 0.15) is 65.5 Å². The molecule has 92 heavy (non-hydrogen) atoms. The molecule has 6 aromatic carbocycles. The van der Waals surface area contributed by atoms with Gasteiger partial charge in [0.15, 0.2) is 0 Å². The predicted molar refractivity (Wildman–Crippen MR) is 362 cm³/mol. The van der Waals surface area contributed by atoms with E-state index in [4.69, 9.17) is 37.7 Å². The number of nitrogens with one attached hydrogen (secondary N) is 2. The molecular formula is C70H76B2N12O8. The molecule has 1 aliphatic rings. The van der Waals surface area contributed by atoms with Crippen molar-refractivity contribution in [1.29, 1.82) is 0 Å². The van der Waals surface area contributed by atoms with Crippen LogP contribution in [0.3, 0.4) is 0 Å². The minimum atomic E-state index is -1.47. The van der Waals surface area contributed by atoms with Crippen LogP contribution >= 0.6 is 0 Å². The summed E-state index contributed by atoms with van der Waals surface area (Å²) in [6.07, 6.45) is 21.4. The van der Waals surface area contributed by atoms with E-state index in [2.05, 4.69) is 181 Å². The lowest BCUT2D eigenvalue weighted by Gasteiger charge is -2.32. The molecule has 0 amide bonds. The molecule has 0 spiro atoms. The van der Waals surface area contributed by atoms with E-state index in [0.717, 1.165) is 124 Å². The number of hydrogen-bond acceptors (Lipinski definition) is 18. The number of imidazole rings is 2. The smallest absolute Gasteiger partial charge is 0.494 e. The molecule has 0 bridgehead atoms. The summed E-state index contributed by atoms with van der Waals surface area (Å²) in [5, 5.41) is 42.7. The fourth-order valence-corrected chi connectivity index (χ4v) is 10.4. The molecule has 1 saturated heterocycles. The fourth-order valence-electron chi connectivity index (χ4n) is 10.4. The van der Waals surface area contributed by atoms with Crippen LogP contribution in [0.5, 0.6) is 11.5 Å². The van der Waals surface area contributed by atoms with Gasteiger partial charge in [0.05, 0.1) is 71.6 Å². The summed E-state index contributed by atoms with van der Waals surface area (Å²) in [7, 11) is 1.46. The van der Waals surface area contributed by atoms with Gasteiger partial charge in [-0.25, -0.2) is 9.97 Å². The Labute approximate surface area is 536 Å². The number of para-hydroxylation sites is 2. The normalized spacial score (nSPS) is 12.9. The van der Waals surface area contributed by atoms with E-state index in [1.165, 1.54) is 36.6 Å². The predicted octanol–water partition coefficient (Wildman–Crippen LogP) is 11.8. The maximum Gasteiger partial charge on any atom is 0.494 e. The average molecular weight is 1240 g/mol. The number of methoxy groups -OCH3 is 2. The highest BCUT2D eigenvalue weighted by atomic mass is 16.7. The minimum absolute atomic E-state index is 0.245. The molecular weight excluding hydrogens is 1160 g/mol. The number of pyridine rings is 2. The van der Waals surface area contributed by atoms with Gasteiger partial charge in [-0.3, -0.25) is 9.97 Å². The van der Waals surface area contributed by atoms with Gasteiger partial charge in [0.1, 0.15) is 11.5 Å². The van der Waals surface area contributed by atoms with Crippen molar-refractivity contribution in [2.75, 3.05) is 37.9 Å². The molecule has 22 heteroatoms. The van der Waals surface area contributed by atoms with E-state index in [0.29, 0.717) is 23.0 Å². The first-order valence-corrected chi connectivity index (χ1v) is 30.7. The number of nitrogens with zero attached hydrogens (tertiary/aromatic N) is 10. The molecule has 12 aromatic rings. The molecule has 7 heterocycles. The van der Waals surface area contributed by atoms with Gasteiger partial charge >= 0.3 is 14.2 Å². The van der Waals surface area contributed by atoms with Gasteiger partial charge in [-0.05, 0) is 123 Å². The van der Waals surface area contributed by atoms with Gasteiger partial charge in [0.25, 0.3) is 11.8 Å². The molecule has 0 atom stereocenters. The second-order valence-corrected chi connectivity index (χ2v) is 22.8. The maximum absolute atomic E-state index is 8.81. The zero-order chi connectivity index (χ0) is 64.5. The van der Waals surface area contributed by atoms with Crippen molar-refractivity contribution in [2.24, 2.45) is 0 Å². The Kier molecular flexibility index (Phi) is 21.7. The summed E-state index contributed by atoms with van der Waals surface area (Å²) in [5.41, 5.74) is 13.3. The quantitative estimate of drug-likeness (QED) is 0.0410. The Balaban J connectivity index is 0.000000145. The summed E-state index contributed by atoms with van der Waals surface area (Å²) >= 11 is 0. The molecule has 0 unspecified atom stereocenters. The summed E-state index contributed by atoms with van der Waals surface area (Å²) < 4.78 is 37.6. The number of fused-ring (bicyclic) bond motifs is 2. The van der Waals surface area contributed by atoms with E-state index in [1.807, 2.05) is 55.4 Å². The second kappa shape index (κ2) is 30.7. The third kappa shape index (κ3) is 15.9. The number of aromatic nitrogens is 10. The van der Waals surface area contributed by atoms with E-state index >= 15 is 0 Å². The van der Waals surface area contributed by atoms with Crippen molar-refractivity contribution < 1.29 is 37.7 Å². The Morgan fingerprint density at radius 2 is 1.03 bits per heavy atom. The van der Waals surface area contributed by atoms with Gasteiger partial charge in [-0.2, -0.15) is 0 Å². The van der Waals surface area contributed by atoms with E-state index in [-0.39, 0.29) is 18.3 Å². The van der Waals surface area contributed by atoms with Crippen LogP contribution in [-0.2, 0) is 35.2 Å². The topological polar surface area (TPSA) is 241 Å². The number of rotatable bonds is 20. The Morgan fingerprint density at radius 1 is 0.554 bits per heavy atom. The molecule has 13 rings (SSSR count). The molecule has 0 saturated carbocycles. The van der Waals surface area contributed by atoms with Crippen molar-refractivity contribution in [2.45, 2.75) is 91.5 Å². The van der Waals surface area contributed by atoms with Crippen LogP contribution < -0.4 is 31.0 Å². The summed E-state index contributed by atoms with van der Waals surface area (Å²) in [5.74, 6) is 2.19. The highest BCUT2D eigenvalue weighted by Crippen LogP contribution is 2.39.